The summed E-state index contributed by atoms with van der Waals surface area (Å²) < 4.78 is 24.9. The molecule has 1 aromatic carbocycles. The molecule has 0 spiro atoms. The van der Waals surface area contributed by atoms with E-state index in [1.54, 1.807) is 18.8 Å². The predicted molar refractivity (Wildman–Crippen MR) is 106 cm³/mol. The van der Waals surface area contributed by atoms with Gasteiger partial charge < -0.3 is 4.90 Å². The molecule has 6 nitrogen and oxygen atoms in total. The molecule has 0 radical (unpaired) electrons. The van der Waals surface area contributed by atoms with Crippen molar-refractivity contribution >= 4 is 33.4 Å². The van der Waals surface area contributed by atoms with Gasteiger partial charge in [-0.15, -0.1) is 11.8 Å². The van der Waals surface area contributed by atoms with Crippen LogP contribution in [0.4, 0.5) is 5.69 Å². The van der Waals surface area contributed by atoms with E-state index in [9.17, 15) is 13.2 Å². The van der Waals surface area contributed by atoms with Crippen LogP contribution in [0.15, 0.2) is 29.2 Å². The molecule has 0 bridgehead atoms. The number of fused-ring (bicyclic) bond motifs is 1. The third kappa shape index (κ3) is 4.08. The number of amides is 1. The van der Waals surface area contributed by atoms with Gasteiger partial charge in [-0.05, 0) is 31.9 Å². The number of rotatable bonds is 4. The lowest BCUT2D eigenvalue weighted by molar-refractivity contribution is -0.123. The second-order valence-electron chi connectivity index (χ2n) is 7.03. The van der Waals surface area contributed by atoms with Gasteiger partial charge in [0.15, 0.2) is 0 Å². The van der Waals surface area contributed by atoms with E-state index in [1.807, 2.05) is 30.0 Å². The monoisotopic (exact) mass is 397 g/mol. The van der Waals surface area contributed by atoms with Crippen molar-refractivity contribution < 1.29 is 13.2 Å². The molecule has 0 aromatic heterocycles. The number of hydrogen-bond donors (Lipinski definition) is 0. The third-order valence-corrected chi connectivity index (χ3v) is 7.82. The Bertz CT molecular complexity index is 761. The molecule has 2 heterocycles. The smallest absolute Gasteiger partial charge is 0.244 e. The average molecular weight is 398 g/mol. The molecule has 8 heteroatoms. The molecule has 1 atom stereocenters. The fourth-order valence-corrected chi connectivity index (χ4v) is 5.43. The normalized spacial score (nSPS) is 20.8. The molecule has 0 N–H and O–H groups in total. The van der Waals surface area contributed by atoms with Gasteiger partial charge in [0.2, 0.25) is 15.9 Å². The van der Waals surface area contributed by atoms with Crippen molar-refractivity contribution in [1.82, 2.24) is 9.21 Å². The summed E-state index contributed by atoms with van der Waals surface area (Å²) in [5.74, 6) is 1.05. The Kier molecular flexibility index (Phi) is 5.96. The Morgan fingerprint density at radius 3 is 2.54 bits per heavy atom. The number of hydrogen-bond acceptors (Lipinski definition) is 5. The first-order chi connectivity index (χ1) is 12.3. The molecule has 144 valence electrons. The van der Waals surface area contributed by atoms with Gasteiger partial charge in [-0.25, -0.2) is 12.7 Å². The molecule has 1 aromatic rings. The Morgan fingerprint density at radius 2 is 1.88 bits per heavy atom. The fraction of sp³-hybridized carbons (Fsp3) is 0.611. The van der Waals surface area contributed by atoms with Crippen molar-refractivity contribution in [2.45, 2.75) is 36.7 Å². The second kappa shape index (κ2) is 7.88. The molecule has 0 saturated carbocycles. The molecule has 0 aliphatic carbocycles. The van der Waals surface area contributed by atoms with Crippen LogP contribution in [0.25, 0.3) is 0 Å². The predicted octanol–water partition coefficient (Wildman–Crippen LogP) is 1.87. The molecule has 1 fully saturated rings. The van der Waals surface area contributed by atoms with Crippen LogP contribution in [0.5, 0.6) is 0 Å². The molecular formula is C18H27N3O3S2. The van der Waals surface area contributed by atoms with E-state index in [2.05, 4.69) is 11.0 Å². The van der Waals surface area contributed by atoms with Crippen LogP contribution >= 0.6 is 11.8 Å². The van der Waals surface area contributed by atoms with E-state index in [0.717, 1.165) is 48.8 Å². The number of thioether (sulfide) groups is 1. The lowest BCUT2D eigenvalue weighted by atomic mass is 10.0. The minimum Gasteiger partial charge on any atom is -0.309 e. The van der Waals surface area contributed by atoms with Crippen molar-refractivity contribution in [2.75, 3.05) is 43.6 Å². The van der Waals surface area contributed by atoms with Crippen LogP contribution in [0.3, 0.4) is 0 Å². The summed E-state index contributed by atoms with van der Waals surface area (Å²) in [5.41, 5.74) is 1.01. The Morgan fingerprint density at radius 1 is 1.23 bits per heavy atom. The number of sulfonamides is 1. The Hall–Kier alpha value is -1.09. The SMILES string of the molecule is CC(C(=O)N1CCSc2ccccc21)N1CCC(N(C)S(C)(=O)=O)CC1. The van der Waals surface area contributed by atoms with Gasteiger partial charge in [0.05, 0.1) is 18.0 Å². The highest BCUT2D eigenvalue weighted by molar-refractivity contribution is 7.99. The van der Waals surface area contributed by atoms with Gasteiger partial charge in [0.25, 0.3) is 0 Å². The molecule has 1 unspecified atom stereocenters. The van der Waals surface area contributed by atoms with Gasteiger partial charge in [0.1, 0.15) is 0 Å². The summed E-state index contributed by atoms with van der Waals surface area (Å²) in [6, 6.07) is 7.89. The topological polar surface area (TPSA) is 60.9 Å². The average Bonchev–Trinajstić information content (AvgIpc) is 2.65. The number of carbonyl (C=O) groups excluding carboxylic acids is 1. The molecular weight excluding hydrogens is 370 g/mol. The summed E-state index contributed by atoms with van der Waals surface area (Å²) in [4.78, 5) is 18.4. The molecule has 1 saturated heterocycles. The Balaban J connectivity index is 1.64. The zero-order valence-corrected chi connectivity index (χ0v) is 17.2. The summed E-state index contributed by atoms with van der Waals surface area (Å²) >= 11 is 1.79. The highest BCUT2D eigenvalue weighted by atomic mass is 32.2. The van der Waals surface area contributed by atoms with Crippen molar-refractivity contribution in [3.63, 3.8) is 0 Å². The fourth-order valence-electron chi connectivity index (χ4n) is 3.69. The first-order valence-electron chi connectivity index (χ1n) is 8.99. The minimum absolute atomic E-state index is 0.0238. The Labute approximate surface area is 160 Å². The molecule has 1 amide bonds. The third-order valence-electron chi connectivity index (χ3n) is 5.44. The maximum absolute atomic E-state index is 13.1. The van der Waals surface area contributed by atoms with Crippen LogP contribution in [-0.2, 0) is 14.8 Å². The van der Waals surface area contributed by atoms with Crippen molar-refractivity contribution in [1.29, 1.82) is 0 Å². The van der Waals surface area contributed by atoms with Gasteiger partial charge >= 0.3 is 0 Å². The van der Waals surface area contributed by atoms with Crippen LogP contribution in [0.2, 0.25) is 0 Å². The highest BCUT2D eigenvalue weighted by Crippen LogP contribution is 2.35. The van der Waals surface area contributed by atoms with Crippen LogP contribution in [0, 0.1) is 0 Å². The van der Waals surface area contributed by atoms with Crippen LogP contribution in [0.1, 0.15) is 19.8 Å². The lowest BCUT2D eigenvalue weighted by Gasteiger charge is -2.40. The number of likely N-dealkylation sites (tertiary alicyclic amines) is 1. The molecule has 26 heavy (non-hydrogen) atoms. The lowest BCUT2D eigenvalue weighted by Crippen LogP contribution is -2.53. The summed E-state index contributed by atoms with van der Waals surface area (Å²) in [6.45, 7) is 4.18. The first kappa shape index (κ1) is 19.7. The second-order valence-corrected chi connectivity index (χ2v) is 10.2. The number of piperidine rings is 1. The maximum Gasteiger partial charge on any atom is 0.244 e. The quantitative estimate of drug-likeness (QED) is 0.776. The number of carbonyl (C=O) groups is 1. The van der Waals surface area contributed by atoms with E-state index in [0.29, 0.717) is 0 Å². The van der Waals surface area contributed by atoms with E-state index in [1.165, 1.54) is 10.6 Å². The molecule has 2 aliphatic rings. The van der Waals surface area contributed by atoms with Crippen molar-refractivity contribution in [2.24, 2.45) is 0 Å². The van der Waals surface area contributed by atoms with E-state index in [-0.39, 0.29) is 18.0 Å². The van der Waals surface area contributed by atoms with E-state index < -0.39 is 10.0 Å². The van der Waals surface area contributed by atoms with Crippen molar-refractivity contribution in [3.05, 3.63) is 24.3 Å². The molecule has 3 rings (SSSR count). The highest BCUT2D eigenvalue weighted by Gasteiger charge is 2.34. The van der Waals surface area contributed by atoms with Crippen LogP contribution in [-0.4, -0.2) is 74.3 Å². The number of anilines is 1. The van der Waals surface area contributed by atoms with Gasteiger partial charge in [-0.3, -0.25) is 9.69 Å². The largest absolute Gasteiger partial charge is 0.309 e. The van der Waals surface area contributed by atoms with Gasteiger partial charge in [0, 0.05) is 43.4 Å². The zero-order chi connectivity index (χ0) is 18.9. The van der Waals surface area contributed by atoms with E-state index >= 15 is 0 Å². The number of para-hydroxylation sites is 1. The van der Waals surface area contributed by atoms with Crippen molar-refractivity contribution in [3.8, 4) is 0 Å². The maximum atomic E-state index is 13.1. The summed E-state index contributed by atoms with van der Waals surface area (Å²) in [7, 11) is -1.52. The van der Waals surface area contributed by atoms with E-state index in [4.69, 9.17) is 0 Å². The summed E-state index contributed by atoms with van der Waals surface area (Å²) in [6.07, 6.45) is 2.76. The van der Waals surface area contributed by atoms with Crippen LogP contribution < -0.4 is 4.90 Å². The number of benzene rings is 1. The van der Waals surface area contributed by atoms with Gasteiger partial charge in [-0.1, -0.05) is 12.1 Å². The zero-order valence-electron chi connectivity index (χ0n) is 15.6. The van der Waals surface area contributed by atoms with Gasteiger partial charge in [-0.2, -0.15) is 0 Å². The first-order valence-corrected chi connectivity index (χ1v) is 11.8. The summed E-state index contributed by atoms with van der Waals surface area (Å²) in [5, 5.41) is 0. The minimum atomic E-state index is -3.17. The number of nitrogens with zero attached hydrogens (tertiary/aromatic N) is 3. The standard InChI is InChI=1S/C18H27N3O3S2/c1-14(20-10-8-15(9-11-20)19(2)26(3,23)24)18(22)21-12-13-25-17-7-5-4-6-16(17)21/h4-7,14-15H,8-13H2,1-3H3. The molecule has 2 aliphatic heterocycles.